The number of thiazole rings is 1. The van der Waals surface area contributed by atoms with Crippen molar-refractivity contribution < 1.29 is 4.79 Å². The van der Waals surface area contributed by atoms with Crippen LogP contribution in [0.4, 0.5) is 5.13 Å². The van der Waals surface area contributed by atoms with Gasteiger partial charge in [-0.3, -0.25) is 4.79 Å². The minimum absolute atomic E-state index is 0.302. The molecule has 0 atom stereocenters. The second-order valence-corrected chi connectivity index (χ2v) is 5.81. The van der Waals surface area contributed by atoms with E-state index in [4.69, 9.17) is 0 Å². The van der Waals surface area contributed by atoms with E-state index in [0.29, 0.717) is 12.0 Å². The quantitative estimate of drug-likeness (QED) is 0.726. The van der Waals surface area contributed by atoms with Gasteiger partial charge in [0.15, 0.2) is 11.4 Å². The summed E-state index contributed by atoms with van der Waals surface area (Å²) in [6, 6.07) is 0.417. The number of hydrogen-bond acceptors (Lipinski definition) is 4. The molecule has 0 aliphatic rings. The third-order valence-corrected chi connectivity index (χ3v) is 3.69. The van der Waals surface area contributed by atoms with E-state index < -0.39 is 0 Å². The molecule has 3 nitrogen and oxygen atoms in total. The molecule has 0 N–H and O–H groups in total. The smallest absolute Gasteiger partial charge is 0.186 e. The molecule has 0 bridgehead atoms. The number of aromatic nitrogens is 1. The Morgan fingerprint density at radius 1 is 1.35 bits per heavy atom. The van der Waals surface area contributed by atoms with Gasteiger partial charge >= 0.3 is 0 Å². The van der Waals surface area contributed by atoms with E-state index in [2.05, 4.69) is 44.5 Å². The molecule has 0 aromatic carbocycles. The average molecular weight is 254 g/mol. The van der Waals surface area contributed by atoms with Gasteiger partial charge in [0.1, 0.15) is 0 Å². The zero-order valence-electron chi connectivity index (χ0n) is 11.4. The van der Waals surface area contributed by atoms with Crippen molar-refractivity contribution in [2.24, 2.45) is 0 Å². The molecule has 4 heteroatoms. The lowest BCUT2D eigenvalue weighted by molar-refractivity contribution is 0.112. The molecule has 0 aliphatic carbocycles. The van der Waals surface area contributed by atoms with Crippen LogP contribution in [0, 0.1) is 0 Å². The molecule has 96 valence electrons. The van der Waals surface area contributed by atoms with Crippen LogP contribution in [0.3, 0.4) is 0 Å². The van der Waals surface area contributed by atoms with Crippen molar-refractivity contribution in [2.75, 3.05) is 11.4 Å². The van der Waals surface area contributed by atoms with Gasteiger partial charge in [-0.15, -0.1) is 0 Å². The number of hydrogen-bond donors (Lipinski definition) is 0. The third kappa shape index (κ3) is 3.28. The zero-order chi connectivity index (χ0) is 13.0. The molecule has 0 saturated carbocycles. The lowest BCUT2D eigenvalue weighted by Crippen LogP contribution is -2.31. The summed E-state index contributed by atoms with van der Waals surface area (Å²) >= 11 is 1.51. The van der Waals surface area contributed by atoms with Gasteiger partial charge in [0.2, 0.25) is 0 Å². The number of aldehydes is 1. The largest absolute Gasteiger partial charge is 0.346 e. The Morgan fingerprint density at radius 3 is 2.35 bits per heavy atom. The molecule has 0 amide bonds. The highest BCUT2D eigenvalue weighted by Crippen LogP contribution is 2.30. The van der Waals surface area contributed by atoms with Gasteiger partial charge in [-0.2, -0.15) is 0 Å². The van der Waals surface area contributed by atoms with Crippen LogP contribution in [0.25, 0.3) is 0 Å². The van der Waals surface area contributed by atoms with Gasteiger partial charge in [0.25, 0.3) is 0 Å². The number of carbonyl (C=O) groups excluding carboxylic acids is 1. The maximum Gasteiger partial charge on any atom is 0.186 e. The Hall–Kier alpha value is -0.900. The van der Waals surface area contributed by atoms with E-state index >= 15 is 0 Å². The van der Waals surface area contributed by atoms with E-state index in [9.17, 15) is 4.79 Å². The molecule has 0 spiro atoms. The topological polar surface area (TPSA) is 33.2 Å². The highest BCUT2D eigenvalue weighted by molar-refractivity contribution is 7.17. The Morgan fingerprint density at radius 2 is 2.00 bits per heavy atom. The van der Waals surface area contributed by atoms with Crippen LogP contribution in [0.1, 0.15) is 62.3 Å². The van der Waals surface area contributed by atoms with Crippen LogP contribution in [0.15, 0.2) is 0 Å². The van der Waals surface area contributed by atoms with E-state index in [1.807, 2.05) is 0 Å². The lowest BCUT2D eigenvalue weighted by Gasteiger charge is -2.25. The second-order valence-electron chi connectivity index (χ2n) is 4.81. The molecule has 0 aliphatic heterocycles. The summed E-state index contributed by atoms with van der Waals surface area (Å²) in [4.78, 5) is 18.7. The Kier molecular flexibility index (Phi) is 5.12. The first-order chi connectivity index (χ1) is 8.01. The Balaban J connectivity index is 3.08. The van der Waals surface area contributed by atoms with E-state index in [1.54, 1.807) is 0 Å². The van der Waals surface area contributed by atoms with Crippen LogP contribution in [-0.2, 0) is 0 Å². The molecule has 1 aromatic rings. The maximum absolute atomic E-state index is 11.0. The van der Waals surface area contributed by atoms with Crippen molar-refractivity contribution in [2.45, 2.75) is 53.0 Å². The summed E-state index contributed by atoms with van der Waals surface area (Å²) < 4.78 is 0. The summed E-state index contributed by atoms with van der Waals surface area (Å²) in [5.74, 6) is 0.302. The van der Waals surface area contributed by atoms with Gasteiger partial charge in [0.05, 0.1) is 10.6 Å². The molecular formula is C13H22N2OS. The van der Waals surface area contributed by atoms with Crippen LogP contribution < -0.4 is 4.90 Å². The molecule has 1 rings (SSSR count). The van der Waals surface area contributed by atoms with Gasteiger partial charge in [0, 0.05) is 12.6 Å². The average Bonchev–Trinajstić information content (AvgIpc) is 2.69. The van der Waals surface area contributed by atoms with Crippen molar-refractivity contribution in [3.8, 4) is 0 Å². The summed E-state index contributed by atoms with van der Waals surface area (Å²) in [6.45, 7) is 11.6. The molecule has 1 aromatic heterocycles. The molecule has 17 heavy (non-hydrogen) atoms. The predicted molar refractivity (Wildman–Crippen MR) is 74.4 cm³/mol. The molecule has 0 radical (unpaired) electrons. The molecule has 0 unspecified atom stereocenters. The van der Waals surface area contributed by atoms with Crippen molar-refractivity contribution >= 4 is 22.8 Å². The van der Waals surface area contributed by atoms with Crippen molar-refractivity contribution in [3.63, 3.8) is 0 Å². The highest BCUT2D eigenvalue weighted by atomic mass is 32.1. The normalized spacial score (nSPS) is 11.2. The SMILES string of the molecule is CCCN(c1nc(C(C)C)c(C=O)s1)C(C)C. The van der Waals surface area contributed by atoms with Gasteiger partial charge < -0.3 is 4.90 Å². The first-order valence-electron chi connectivity index (χ1n) is 6.23. The number of anilines is 1. The van der Waals surface area contributed by atoms with Crippen LogP contribution in [-0.4, -0.2) is 23.9 Å². The molecule has 0 fully saturated rings. The zero-order valence-corrected chi connectivity index (χ0v) is 12.2. The molecule has 0 saturated heterocycles. The van der Waals surface area contributed by atoms with Crippen molar-refractivity contribution in [3.05, 3.63) is 10.6 Å². The monoisotopic (exact) mass is 254 g/mol. The molecule has 1 heterocycles. The van der Waals surface area contributed by atoms with Crippen molar-refractivity contribution in [1.82, 2.24) is 4.98 Å². The fourth-order valence-electron chi connectivity index (χ4n) is 1.77. The van der Waals surface area contributed by atoms with E-state index in [1.165, 1.54) is 11.3 Å². The summed E-state index contributed by atoms with van der Waals surface area (Å²) in [5, 5.41) is 0.979. The first-order valence-corrected chi connectivity index (χ1v) is 7.05. The maximum atomic E-state index is 11.0. The van der Waals surface area contributed by atoms with Gasteiger partial charge in [-0.05, 0) is 26.2 Å². The number of nitrogens with zero attached hydrogens (tertiary/aromatic N) is 2. The summed E-state index contributed by atoms with van der Waals surface area (Å²) in [7, 11) is 0. The first kappa shape index (κ1) is 14.2. The fraction of sp³-hybridized carbons (Fsp3) is 0.692. The number of rotatable bonds is 6. The minimum atomic E-state index is 0.302. The Bertz CT molecular complexity index is 371. The Labute approximate surface area is 108 Å². The highest BCUT2D eigenvalue weighted by Gasteiger charge is 2.19. The van der Waals surface area contributed by atoms with Gasteiger partial charge in [-0.25, -0.2) is 4.98 Å². The van der Waals surface area contributed by atoms with Crippen LogP contribution in [0.2, 0.25) is 0 Å². The van der Waals surface area contributed by atoms with Gasteiger partial charge in [-0.1, -0.05) is 32.1 Å². The number of carbonyl (C=O) groups is 1. The van der Waals surface area contributed by atoms with E-state index in [-0.39, 0.29) is 0 Å². The lowest BCUT2D eigenvalue weighted by atomic mass is 10.1. The van der Waals surface area contributed by atoms with Crippen molar-refractivity contribution in [1.29, 1.82) is 0 Å². The van der Waals surface area contributed by atoms with Crippen LogP contribution >= 0.6 is 11.3 Å². The second kappa shape index (κ2) is 6.15. The predicted octanol–water partition coefficient (Wildman–Crippen LogP) is 3.70. The van der Waals surface area contributed by atoms with E-state index in [0.717, 1.165) is 35.0 Å². The summed E-state index contributed by atoms with van der Waals surface area (Å²) in [6.07, 6.45) is 2.02. The minimum Gasteiger partial charge on any atom is -0.346 e. The summed E-state index contributed by atoms with van der Waals surface area (Å²) in [5.41, 5.74) is 0.932. The fourth-order valence-corrected chi connectivity index (χ4v) is 2.96. The third-order valence-electron chi connectivity index (χ3n) is 2.66. The van der Waals surface area contributed by atoms with Crippen LogP contribution in [0.5, 0.6) is 0 Å². The molecular weight excluding hydrogens is 232 g/mol. The standard InChI is InChI=1S/C13H22N2OS/c1-6-7-15(10(4)5)13-14-12(9(2)3)11(8-16)17-13/h8-10H,6-7H2,1-5H3.